The van der Waals surface area contributed by atoms with Gasteiger partial charge in [0, 0.05) is 19.3 Å². The Balaban J connectivity index is 1.65. The van der Waals surface area contributed by atoms with Crippen LogP contribution in [0.5, 0.6) is 0 Å². The quantitative estimate of drug-likeness (QED) is 0.746. The lowest BCUT2D eigenvalue weighted by molar-refractivity contribution is 0.105. The lowest BCUT2D eigenvalue weighted by atomic mass is 9.62. The molecule has 0 saturated heterocycles. The van der Waals surface area contributed by atoms with Gasteiger partial charge in [-0.25, -0.2) is 0 Å². The Bertz CT molecular complexity index is 458. The molecule has 0 heterocycles. The Morgan fingerprint density at radius 1 is 1.33 bits per heavy atom. The van der Waals surface area contributed by atoms with Gasteiger partial charge in [0.25, 0.3) is 0 Å². The van der Waals surface area contributed by atoms with Crippen LogP contribution < -0.4 is 5.32 Å². The van der Waals surface area contributed by atoms with Crippen LogP contribution in [0.3, 0.4) is 0 Å². The smallest absolute Gasteiger partial charge is 0.0852 e. The molecule has 1 aromatic carbocycles. The van der Waals surface area contributed by atoms with Crippen molar-refractivity contribution < 1.29 is 4.74 Å². The number of hydrogen-bond acceptors (Lipinski definition) is 3. The summed E-state index contributed by atoms with van der Waals surface area (Å²) in [6.07, 6.45) is 2.87. The third-order valence-electron chi connectivity index (χ3n) is 4.08. The zero-order valence-corrected chi connectivity index (χ0v) is 13.1. The molecule has 0 unspecified atom stereocenters. The molecule has 3 heteroatoms. The average Bonchev–Trinajstić information content (AvgIpc) is 2.45. The van der Waals surface area contributed by atoms with E-state index >= 15 is 0 Å². The summed E-state index contributed by atoms with van der Waals surface area (Å²) in [5, 5.41) is 13.0. The fraction of sp³-hybridized carbons (Fsp3) is 0.611. The summed E-state index contributed by atoms with van der Waals surface area (Å²) < 4.78 is 5.57. The van der Waals surface area contributed by atoms with Gasteiger partial charge < -0.3 is 10.1 Å². The SMILES string of the molecule is CC(C)COCCCNC1CC(C#N)(c2ccccc2)C1. The Hall–Kier alpha value is -1.37. The molecule has 0 radical (unpaired) electrons. The Morgan fingerprint density at radius 3 is 2.67 bits per heavy atom. The highest BCUT2D eigenvalue weighted by atomic mass is 16.5. The molecule has 2 rings (SSSR count). The largest absolute Gasteiger partial charge is 0.381 e. The monoisotopic (exact) mass is 286 g/mol. The molecular formula is C18H26N2O. The van der Waals surface area contributed by atoms with Gasteiger partial charge in [-0.2, -0.15) is 5.26 Å². The van der Waals surface area contributed by atoms with Crippen LogP contribution in [0.15, 0.2) is 30.3 Å². The van der Waals surface area contributed by atoms with Crippen molar-refractivity contribution in [2.24, 2.45) is 5.92 Å². The first kappa shape index (κ1) is 16.0. The van der Waals surface area contributed by atoms with Gasteiger partial charge in [0.2, 0.25) is 0 Å². The average molecular weight is 286 g/mol. The van der Waals surface area contributed by atoms with Gasteiger partial charge in [0.15, 0.2) is 0 Å². The van der Waals surface area contributed by atoms with Gasteiger partial charge in [-0.3, -0.25) is 0 Å². The van der Waals surface area contributed by atoms with Gasteiger partial charge in [-0.1, -0.05) is 44.2 Å². The second-order valence-electron chi connectivity index (χ2n) is 6.44. The minimum Gasteiger partial charge on any atom is -0.381 e. The van der Waals surface area contributed by atoms with E-state index < -0.39 is 0 Å². The molecule has 0 amide bonds. The number of ether oxygens (including phenoxy) is 1. The Kier molecular flexibility index (Phi) is 5.78. The number of nitriles is 1. The van der Waals surface area contributed by atoms with E-state index in [1.54, 1.807) is 0 Å². The summed E-state index contributed by atoms with van der Waals surface area (Å²) in [6.45, 7) is 6.96. The van der Waals surface area contributed by atoms with E-state index in [0.29, 0.717) is 12.0 Å². The highest BCUT2D eigenvalue weighted by Gasteiger charge is 2.45. The van der Waals surface area contributed by atoms with E-state index in [0.717, 1.165) is 44.6 Å². The summed E-state index contributed by atoms with van der Waals surface area (Å²) in [5.74, 6) is 0.603. The molecule has 0 aliphatic heterocycles. The Labute approximate surface area is 128 Å². The normalized spacial score (nSPS) is 24.6. The number of rotatable bonds is 8. The van der Waals surface area contributed by atoms with Crippen molar-refractivity contribution in [3.05, 3.63) is 35.9 Å². The molecule has 0 aromatic heterocycles. The molecule has 114 valence electrons. The molecule has 1 aliphatic rings. The van der Waals surface area contributed by atoms with Crippen LogP contribution in [0.1, 0.15) is 38.7 Å². The fourth-order valence-corrected chi connectivity index (χ4v) is 2.87. The van der Waals surface area contributed by atoms with Gasteiger partial charge in [-0.15, -0.1) is 0 Å². The molecule has 21 heavy (non-hydrogen) atoms. The number of benzene rings is 1. The molecule has 1 saturated carbocycles. The Morgan fingerprint density at radius 2 is 2.05 bits per heavy atom. The molecule has 1 fully saturated rings. The summed E-state index contributed by atoms with van der Waals surface area (Å²) in [6, 6.07) is 13.2. The van der Waals surface area contributed by atoms with Crippen LogP contribution in [0, 0.1) is 17.2 Å². The van der Waals surface area contributed by atoms with Crippen molar-refractivity contribution in [1.82, 2.24) is 5.32 Å². The molecule has 3 nitrogen and oxygen atoms in total. The van der Waals surface area contributed by atoms with Crippen molar-refractivity contribution in [3.63, 3.8) is 0 Å². The number of nitrogens with one attached hydrogen (secondary N) is 1. The summed E-state index contributed by atoms with van der Waals surface area (Å²) in [7, 11) is 0. The van der Waals surface area contributed by atoms with Crippen LogP contribution in [0.4, 0.5) is 0 Å². The van der Waals surface area contributed by atoms with Crippen molar-refractivity contribution in [3.8, 4) is 6.07 Å². The van der Waals surface area contributed by atoms with Crippen LogP contribution in [-0.4, -0.2) is 25.8 Å². The van der Waals surface area contributed by atoms with Gasteiger partial charge in [-0.05, 0) is 37.3 Å². The maximum Gasteiger partial charge on any atom is 0.0852 e. The predicted octanol–water partition coefficient (Wildman–Crippen LogP) is 3.26. The molecule has 0 spiro atoms. The second-order valence-corrected chi connectivity index (χ2v) is 6.44. The third kappa shape index (κ3) is 4.30. The van der Waals surface area contributed by atoms with Crippen molar-refractivity contribution in [2.45, 2.75) is 44.6 Å². The first-order chi connectivity index (χ1) is 10.2. The van der Waals surface area contributed by atoms with E-state index in [9.17, 15) is 5.26 Å². The second kappa shape index (κ2) is 7.59. The maximum atomic E-state index is 9.50. The summed E-state index contributed by atoms with van der Waals surface area (Å²) >= 11 is 0. The van der Waals surface area contributed by atoms with Crippen LogP contribution in [0.25, 0.3) is 0 Å². The van der Waals surface area contributed by atoms with Crippen LogP contribution >= 0.6 is 0 Å². The van der Waals surface area contributed by atoms with Crippen LogP contribution in [-0.2, 0) is 10.2 Å². The number of nitrogens with zero attached hydrogens (tertiary/aromatic N) is 1. The van der Waals surface area contributed by atoms with E-state index in [2.05, 4.69) is 37.4 Å². The molecule has 1 aromatic rings. The van der Waals surface area contributed by atoms with Gasteiger partial charge >= 0.3 is 0 Å². The topological polar surface area (TPSA) is 45.0 Å². The van der Waals surface area contributed by atoms with Gasteiger partial charge in [0.05, 0.1) is 11.5 Å². The van der Waals surface area contributed by atoms with Crippen molar-refractivity contribution in [1.29, 1.82) is 5.26 Å². The van der Waals surface area contributed by atoms with Crippen LogP contribution in [0.2, 0.25) is 0 Å². The molecule has 0 atom stereocenters. The summed E-state index contributed by atoms with van der Waals surface area (Å²) in [4.78, 5) is 0. The lowest BCUT2D eigenvalue weighted by Crippen LogP contribution is -2.51. The van der Waals surface area contributed by atoms with E-state index in [4.69, 9.17) is 4.74 Å². The first-order valence-corrected chi connectivity index (χ1v) is 7.94. The fourth-order valence-electron chi connectivity index (χ4n) is 2.87. The van der Waals surface area contributed by atoms with E-state index in [1.807, 2.05) is 18.2 Å². The van der Waals surface area contributed by atoms with Crippen molar-refractivity contribution >= 4 is 0 Å². The molecule has 1 N–H and O–H groups in total. The minimum absolute atomic E-state index is 0.271. The van der Waals surface area contributed by atoms with E-state index in [1.165, 1.54) is 0 Å². The first-order valence-electron chi connectivity index (χ1n) is 7.94. The zero-order valence-electron chi connectivity index (χ0n) is 13.1. The molecular weight excluding hydrogens is 260 g/mol. The standard InChI is InChI=1S/C18H26N2O/c1-15(2)13-21-10-6-9-20-17-11-18(12-17,14-19)16-7-4-3-5-8-16/h3-5,7-8,15,17,20H,6,9-13H2,1-2H3. The minimum atomic E-state index is -0.271. The molecule has 0 bridgehead atoms. The maximum absolute atomic E-state index is 9.50. The molecule has 1 aliphatic carbocycles. The zero-order chi connectivity index (χ0) is 15.1. The number of hydrogen-bond donors (Lipinski definition) is 1. The van der Waals surface area contributed by atoms with E-state index in [-0.39, 0.29) is 5.41 Å². The summed E-state index contributed by atoms with van der Waals surface area (Å²) in [5.41, 5.74) is 0.887. The highest BCUT2D eigenvalue weighted by Crippen LogP contribution is 2.43. The third-order valence-corrected chi connectivity index (χ3v) is 4.08. The predicted molar refractivity (Wildman–Crippen MR) is 85.0 cm³/mol. The van der Waals surface area contributed by atoms with Gasteiger partial charge in [0.1, 0.15) is 0 Å². The van der Waals surface area contributed by atoms with Crippen molar-refractivity contribution in [2.75, 3.05) is 19.8 Å². The highest BCUT2D eigenvalue weighted by molar-refractivity contribution is 5.36. The lowest BCUT2D eigenvalue weighted by Gasteiger charge is -2.43.